The van der Waals surface area contributed by atoms with Gasteiger partial charge in [0.1, 0.15) is 43.5 Å². The van der Waals surface area contributed by atoms with Crippen molar-refractivity contribution in [1.82, 2.24) is 35.7 Å². The van der Waals surface area contributed by atoms with Crippen molar-refractivity contribution in [2.45, 2.75) is 129 Å². The molecule has 0 bridgehead atoms. The van der Waals surface area contributed by atoms with Crippen LogP contribution in [0.3, 0.4) is 0 Å². The van der Waals surface area contributed by atoms with Gasteiger partial charge in [-0.1, -0.05) is 13.3 Å². The maximum absolute atomic E-state index is 14.8. The van der Waals surface area contributed by atoms with Crippen LogP contribution in [0.15, 0.2) is 35.1 Å². The number of nitrogens with zero attached hydrogens (tertiary/aromatic N) is 3. The minimum Gasteiger partial charge on any atom is -0.458 e. The molecule has 0 spiro atoms. The molecule has 5 atom stereocenters. The van der Waals surface area contributed by atoms with Crippen LogP contribution in [0.1, 0.15) is 100 Å². The predicted octanol–water partition coefficient (Wildman–Crippen LogP) is 1.73. The van der Waals surface area contributed by atoms with Crippen molar-refractivity contribution in [3.8, 4) is 11.4 Å². The molecular formula is C45H56FN7O11. The molecule has 3 aliphatic heterocycles. The monoisotopic (exact) mass is 889 g/mol. The highest BCUT2D eigenvalue weighted by Gasteiger charge is 2.45. The Labute approximate surface area is 368 Å². The average Bonchev–Trinajstić information content (AvgIpc) is 3.79. The Hall–Kier alpha value is -6.05. The highest BCUT2D eigenvalue weighted by Crippen LogP contribution is 2.41. The molecular weight excluding hydrogens is 834 g/mol. The van der Waals surface area contributed by atoms with Gasteiger partial charge in [0.2, 0.25) is 29.5 Å². The van der Waals surface area contributed by atoms with E-state index in [4.69, 9.17) is 14.5 Å². The van der Waals surface area contributed by atoms with Crippen molar-refractivity contribution in [3.63, 3.8) is 0 Å². The molecule has 0 aliphatic carbocycles. The maximum atomic E-state index is 14.8. The van der Waals surface area contributed by atoms with Crippen molar-refractivity contribution < 1.29 is 52.8 Å². The second kappa shape index (κ2) is 20.2. The number of cyclic esters (lactones) is 1. The number of nitrogens with one attached hydrogen (secondary N) is 4. The van der Waals surface area contributed by atoms with E-state index in [2.05, 4.69) is 21.3 Å². The molecule has 19 heteroatoms. The van der Waals surface area contributed by atoms with Gasteiger partial charge in [-0.25, -0.2) is 14.2 Å². The number of carbonyl (C=O) groups excluding carboxylic acids is 6. The van der Waals surface area contributed by atoms with Gasteiger partial charge in [0.15, 0.2) is 5.60 Å². The summed E-state index contributed by atoms with van der Waals surface area (Å²) < 4.78 is 27.2. The van der Waals surface area contributed by atoms with E-state index in [0.717, 1.165) is 16.5 Å². The third-order valence-electron chi connectivity index (χ3n) is 12.0. The molecule has 0 radical (unpaired) electrons. The fourth-order valence-electron chi connectivity index (χ4n) is 8.10. The number of aliphatic hydroxyl groups excluding tert-OH is 1. The molecule has 3 aromatic rings. The molecule has 2 aromatic heterocycles. The second-order valence-electron chi connectivity index (χ2n) is 16.6. The number of aliphatic hydroxyl groups is 2. The number of aryl methyl sites for hydroxylation is 2. The highest BCUT2D eigenvalue weighted by atomic mass is 19.1. The molecule has 3 aliphatic rings. The van der Waals surface area contributed by atoms with Crippen LogP contribution in [0, 0.1) is 12.7 Å². The Kier molecular flexibility index (Phi) is 15.0. The summed E-state index contributed by atoms with van der Waals surface area (Å²) in [6.45, 7) is 8.17. The average molecular weight is 890 g/mol. The number of aromatic nitrogens is 2. The van der Waals surface area contributed by atoms with E-state index in [1.54, 1.807) is 30.5 Å². The summed E-state index contributed by atoms with van der Waals surface area (Å²) in [6, 6.07) is 1.83. The smallest absolute Gasteiger partial charge is 0.343 e. The molecule has 64 heavy (non-hydrogen) atoms. The first-order valence-electron chi connectivity index (χ1n) is 21.7. The van der Waals surface area contributed by atoms with Crippen LogP contribution in [0.2, 0.25) is 0 Å². The molecule has 0 fully saturated rings. The van der Waals surface area contributed by atoms with Crippen LogP contribution in [-0.2, 0) is 63.4 Å². The van der Waals surface area contributed by atoms with E-state index >= 15 is 0 Å². The normalized spacial score (nSPS) is 18.8. The summed E-state index contributed by atoms with van der Waals surface area (Å²) in [5.41, 5.74) is 1.46. The van der Waals surface area contributed by atoms with Crippen LogP contribution in [0.5, 0.6) is 0 Å². The third-order valence-corrected chi connectivity index (χ3v) is 12.0. The van der Waals surface area contributed by atoms with E-state index in [-0.39, 0.29) is 62.3 Å². The van der Waals surface area contributed by atoms with Crippen molar-refractivity contribution in [3.05, 3.63) is 74.3 Å². The number of ether oxygens (including phenoxy) is 2. The fourth-order valence-corrected chi connectivity index (χ4v) is 8.10. The zero-order chi connectivity index (χ0) is 46.5. The molecule has 5 heterocycles. The first-order chi connectivity index (χ1) is 30.4. The SMILES string of the molecule is CC[C@@]1(O)C(=O)OCc2c1cc1n(c2=O)Cc2c-1nc1cc(F)c(C)cc1c2CCCCOCNC(=O)[C@H](C)NC(=O)[C@H](C)NC(=O)[C@H](C)NC(=O)CCCCCN1C(=O)C=CC1O. The van der Waals surface area contributed by atoms with Gasteiger partial charge in [0.25, 0.3) is 5.56 Å². The van der Waals surface area contributed by atoms with Crippen molar-refractivity contribution >= 4 is 46.4 Å². The van der Waals surface area contributed by atoms with Crippen LogP contribution < -0.4 is 26.8 Å². The summed E-state index contributed by atoms with van der Waals surface area (Å²) in [7, 11) is 0. The molecule has 18 nitrogen and oxygen atoms in total. The van der Waals surface area contributed by atoms with E-state index in [1.807, 2.05) is 0 Å². The number of hydrogen-bond acceptors (Lipinski definition) is 12. The molecule has 5 amide bonds. The number of carbonyl (C=O) groups is 6. The Morgan fingerprint density at radius 1 is 0.953 bits per heavy atom. The van der Waals surface area contributed by atoms with Gasteiger partial charge in [0.05, 0.1) is 29.0 Å². The van der Waals surface area contributed by atoms with Crippen LogP contribution >= 0.6 is 0 Å². The first kappa shape index (κ1) is 47.4. The molecule has 0 saturated heterocycles. The summed E-state index contributed by atoms with van der Waals surface area (Å²) >= 11 is 0. The molecule has 1 aromatic carbocycles. The van der Waals surface area contributed by atoms with Crippen molar-refractivity contribution in [2.75, 3.05) is 19.9 Å². The maximum Gasteiger partial charge on any atom is 0.343 e. The van der Waals surface area contributed by atoms with Gasteiger partial charge in [-0.05, 0) is 95.6 Å². The lowest BCUT2D eigenvalue weighted by molar-refractivity contribution is -0.172. The van der Waals surface area contributed by atoms with Gasteiger partial charge in [0, 0.05) is 48.2 Å². The topological polar surface area (TPSA) is 248 Å². The Morgan fingerprint density at radius 3 is 2.34 bits per heavy atom. The van der Waals surface area contributed by atoms with Crippen molar-refractivity contribution in [2.24, 2.45) is 0 Å². The zero-order valence-corrected chi connectivity index (χ0v) is 36.7. The summed E-state index contributed by atoms with van der Waals surface area (Å²) in [5.74, 6) is -3.56. The van der Waals surface area contributed by atoms with E-state index in [1.165, 1.54) is 43.9 Å². The number of halogens is 1. The molecule has 6 rings (SSSR count). The van der Waals surface area contributed by atoms with E-state index in [0.29, 0.717) is 67.5 Å². The minimum absolute atomic E-state index is 0.00346. The Balaban J connectivity index is 0.930. The fraction of sp³-hybridized carbons (Fsp3) is 0.511. The quantitative estimate of drug-likeness (QED) is 0.0422. The standard InChI is InChI=1S/C45H56FN7O11/c1-6-45(62)32-19-35-39-30(21-53(35)43(60)31(32)22-64-44(45)61)28(29-18-24(2)33(46)20-34(29)51-39)12-9-11-17-63-23-47-40(57)25(3)49-42(59)27(5)50-41(58)26(4)48-36(54)13-8-7-10-16-52-37(55)14-15-38(52)56/h14-15,18-20,25-27,37,55,62H,6-13,16-17,21-23H2,1-5H3,(H,47,57)(H,48,54)(H,49,59)(H,50,58)/t25-,26-,27-,37?,45-/m0/s1. The number of unbranched alkanes of at least 4 members (excludes halogenated alkanes) is 3. The Morgan fingerprint density at radius 2 is 1.66 bits per heavy atom. The number of benzene rings is 1. The number of esters is 1. The number of amides is 5. The van der Waals surface area contributed by atoms with Gasteiger partial charge in [-0.3, -0.25) is 28.8 Å². The molecule has 1 unspecified atom stereocenters. The number of pyridine rings is 2. The van der Waals surface area contributed by atoms with Gasteiger partial charge >= 0.3 is 5.97 Å². The minimum atomic E-state index is -1.98. The highest BCUT2D eigenvalue weighted by molar-refractivity contribution is 5.94. The lowest BCUT2D eigenvalue weighted by Crippen LogP contribution is -2.54. The zero-order valence-electron chi connectivity index (χ0n) is 36.7. The lowest BCUT2D eigenvalue weighted by atomic mass is 9.86. The third kappa shape index (κ3) is 10.2. The predicted molar refractivity (Wildman–Crippen MR) is 229 cm³/mol. The van der Waals surface area contributed by atoms with E-state index < -0.39 is 65.0 Å². The van der Waals surface area contributed by atoms with Gasteiger partial charge in [-0.15, -0.1) is 0 Å². The van der Waals surface area contributed by atoms with Crippen LogP contribution in [0.25, 0.3) is 22.3 Å². The lowest BCUT2D eigenvalue weighted by Gasteiger charge is -2.31. The number of hydrogen-bond donors (Lipinski definition) is 6. The van der Waals surface area contributed by atoms with E-state index in [9.17, 15) is 48.2 Å². The summed E-state index contributed by atoms with van der Waals surface area (Å²) in [5, 5.41) is 32.0. The van der Waals surface area contributed by atoms with Crippen molar-refractivity contribution in [1.29, 1.82) is 0 Å². The van der Waals surface area contributed by atoms with Gasteiger partial charge in [-0.2, -0.15) is 0 Å². The second-order valence-corrected chi connectivity index (χ2v) is 16.6. The molecule has 344 valence electrons. The van der Waals surface area contributed by atoms with Crippen LogP contribution in [-0.4, -0.2) is 104 Å². The number of rotatable bonds is 20. The number of fused-ring (bicyclic) bond motifs is 5. The largest absolute Gasteiger partial charge is 0.458 e. The Bertz CT molecular complexity index is 2440. The summed E-state index contributed by atoms with van der Waals surface area (Å²) in [6.07, 6.45) is 5.46. The van der Waals surface area contributed by atoms with Gasteiger partial charge < -0.3 is 50.4 Å². The molecule has 0 saturated carbocycles. The van der Waals surface area contributed by atoms with Crippen LogP contribution in [0.4, 0.5) is 4.39 Å². The first-order valence-corrected chi connectivity index (χ1v) is 21.7. The summed E-state index contributed by atoms with van der Waals surface area (Å²) in [4.78, 5) is 94.8. The molecule has 6 N–H and O–H groups in total.